The summed E-state index contributed by atoms with van der Waals surface area (Å²) in [6.07, 6.45) is 0.932. The third-order valence-corrected chi connectivity index (χ3v) is 2.79. The highest BCUT2D eigenvalue weighted by atomic mass is 16.4. The predicted octanol–water partition coefficient (Wildman–Crippen LogP) is 2.68. The van der Waals surface area contributed by atoms with E-state index in [1.807, 2.05) is 43.0 Å². The van der Waals surface area contributed by atoms with Gasteiger partial charge in [0.05, 0.1) is 0 Å². The molecule has 0 aliphatic rings. The summed E-state index contributed by atoms with van der Waals surface area (Å²) in [4.78, 5) is 12.7. The molecule has 1 unspecified atom stereocenters. The first kappa shape index (κ1) is 12.6. The minimum absolute atomic E-state index is 0.0536. The Morgan fingerprint density at radius 2 is 1.94 bits per heavy atom. The van der Waals surface area contributed by atoms with Crippen molar-refractivity contribution < 1.29 is 9.90 Å². The summed E-state index contributed by atoms with van der Waals surface area (Å²) >= 11 is 0. The molecule has 0 aliphatic carbocycles. The molecule has 0 aliphatic heterocycles. The fraction of sp³-hybridized carbons (Fsp3) is 0.462. The average Bonchev–Trinajstić information content (AvgIpc) is 2.26. The quantitative estimate of drug-likeness (QED) is 0.831. The summed E-state index contributed by atoms with van der Waals surface area (Å²) in [7, 11) is 0. The van der Waals surface area contributed by atoms with Gasteiger partial charge < -0.3 is 10.0 Å². The Bertz CT molecular complexity index is 345. The van der Waals surface area contributed by atoms with Crippen LogP contribution in [0.15, 0.2) is 24.3 Å². The summed E-state index contributed by atoms with van der Waals surface area (Å²) in [6, 6.07) is 8.20. The number of carboxylic acid groups (broad SMARTS) is 1. The first-order valence-corrected chi connectivity index (χ1v) is 5.59. The Labute approximate surface area is 96.7 Å². The van der Waals surface area contributed by atoms with Crippen LogP contribution in [0.3, 0.4) is 0 Å². The van der Waals surface area contributed by atoms with Gasteiger partial charge in [-0.25, -0.2) is 0 Å². The molecule has 0 heterocycles. The fourth-order valence-electron chi connectivity index (χ4n) is 1.60. The molecule has 0 amide bonds. The molecule has 1 rings (SSSR count). The van der Waals surface area contributed by atoms with Crippen LogP contribution in [0.5, 0.6) is 0 Å². The molecule has 0 saturated carbocycles. The monoisotopic (exact) mass is 221 g/mol. The number of benzene rings is 1. The van der Waals surface area contributed by atoms with E-state index in [9.17, 15) is 4.79 Å². The fourth-order valence-corrected chi connectivity index (χ4v) is 1.60. The van der Waals surface area contributed by atoms with Crippen molar-refractivity contribution in [2.24, 2.45) is 0 Å². The lowest BCUT2D eigenvalue weighted by Crippen LogP contribution is -2.37. The Kier molecular flexibility index (Phi) is 4.35. The molecule has 1 N–H and O–H groups in total. The highest BCUT2D eigenvalue weighted by molar-refractivity contribution is 5.74. The normalized spacial score (nSPS) is 12.2. The van der Waals surface area contributed by atoms with E-state index in [1.165, 1.54) is 5.56 Å². The van der Waals surface area contributed by atoms with Gasteiger partial charge in [0.2, 0.25) is 0 Å². The van der Waals surface area contributed by atoms with Crippen LogP contribution in [0.2, 0.25) is 0 Å². The van der Waals surface area contributed by atoms with Gasteiger partial charge in [0.15, 0.2) is 0 Å². The van der Waals surface area contributed by atoms with E-state index in [4.69, 9.17) is 5.11 Å². The molecular weight excluding hydrogens is 202 g/mol. The number of hydrogen-bond acceptors (Lipinski definition) is 2. The summed E-state index contributed by atoms with van der Waals surface area (Å²) in [5.41, 5.74) is 2.16. The number of rotatable bonds is 5. The van der Waals surface area contributed by atoms with Crippen molar-refractivity contribution in [3.05, 3.63) is 29.8 Å². The molecule has 0 spiro atoms. The zero-order valence-corrected chi connectivity index (χ0v) is 10.1. The predicted molar refractivity (Wildman–Crippen MR) is 65.9 cm³/mol. The molecule has 1 aromatic carbocycles. The standard InChI is InChI=1S/C13H19NO2/c1-4-11(3)14(9-13(15)16)12-7-5-10(2)6-8-12/h5-8,11H,4,9H2,1-3H3,(H,15,16). The third kappa shape index (κ3) is 3.26. The number of aliphatic carboxylic acids is 1. The Balaban J connectivity index is 2.91. The Morgan fingerprint density at radius 1 is 1.38 bits per heavy atom. The van der Waals surface area contributed by atoms with E-state index >= 15 is 0 Å². The van der Waals surface area contributed by atoms with Crippen LogP contribution >= 0.6 is 0 Å². The highest BCUT2D eigenvalue weighted by Gasteiger charge is 2.15. The topological polar surface area (TPSA) is 40.5 Å². The minimum atomic E-state index is -0.791. The van der Waals surface area contributed by atoms with Crippen molar-refractivity contribution in [3.8, 4) is 0 Å². The second-order valence-corrected chi connectivity index (χ2v) is 4.11. The number of anilines is 1. The Hall–Kier alpha value is -1.51. The summed E-state index contributed by atoms with van der Waals surface area (Å²) < 4.78 is 0. The first-order valence-electron chi connectivity index (χ1n) is 5.59. The Morgan fingerprint density at radius 3 is 2.38 bits per heavy atom. The summed E-state index contributed by atoms with van der Waals surface area (Å²) in [5.74, 6) is -0.791. The number of hydrogen-bond donors (Lipinski definition) is 1. The lowest BCUT2D eigenvalue weighted by Gasteiger charge is -2.29. The van der Waals surface area contributed by atoms with Crippen LogP contribution in [0, 0.1) is 6.92 Å². The summed E-state index contributed by atoms with van der Waals surface area (Å²) in [5, 5.41) is 8.90. The van der Waals surface area contributed by atoms with E-state index in [1.54, 1.807) is 0 Å². The molecule has 1 atom stereocenters. The molecule has 88 valence electrons. The van der Waals surface area contributed by atoms with Crippen molar-refractivity contribution in [2.45, 2.75) is 33.2 Å². The van der Waals surface area contributed by atoms with E-state index in [2.05, 4.69) is 6.92 Å². The minimum Gasteiger partial charge on any atom is -0.480 e. The van der Waals surface area contributed by atoms with Crippen molar-refractivity contribution in [1.82, 2.24) is 0 Å². The van der Waals surface area contributed by atoms with Crippen LogP contribution in [0.25, 0.3) is 0 Å². The van der Waals surface area contributed by atoms with E-state index in [0.29, 0.717) is 0 Å². The van der Waals surface area contributed by atoms with Gasteiger partial charge in [0, 0.05) is 11.7 Å². The van der Waals surface area contributed by atoms with Gasteiger partial charge in [-0.1, -0.05) is 24.6 Å². The van der Waals surface area contributed by atoms with Crippen molar-refractivity contribution in [3.63, 3.8) is 0 Å². The van der Waals surface area contributed by atoms with Gasteiger partial charge in [0.1, 0.15) is 6.54 Å². The van der Waals surface area contributed by atoms with Crippen molar-refractivity contribution in [2.75, 3.05) is 11.4 Å². The molecule has 3 nitrogen and oxygen atoms in total. The van der Waals surface area contributed by atoms with Crippen LogP contribution in [0.1, 0.15) is 25.8 Å². The van der Waals surface area contributed by atoms with Crippen molar-refractivity contribution >= 4 is 11.7 Å². The largest absolute Gasteiger partial charge is 0.480 e. The lowest BCUT2D eigenvalue weighted by atomic mass is 10.1. The van der Waals surface area contributed by atoms with Gasteiger partial charge >= 0.3 is 5.97 Å². The first-order chi connectivity index (χ1) is 7.54. The van der Waals surface area contributed by atoms with Gasteiger partial charge in [-0.05, 0) is 32.4 Å². The van der Waals surface area contributed by atoms with Gasteiger partial charge in [-0.2, -0.15) is 0 Å². The molecular formula is C13H19NO2. The number of nitrogens with zero attached hydrogens (tertiary/aromatic N) is 1. The zero-order chi connectivity index (χ0) is 12.1. The second kappa shape index (κ2) is 5.54. The highest BCUT2D eigenvalue weighted by Crippen LogP contribution is 2.18. The van der Waals surface area contributed by atoms with Crippen molar-refractivity contribution in [1.29, 1.82) is 0 Å². The molecule has 0 bridgehead atoms. The molecule has 0 fully saturated rings. The van der Waals surface area contributed by atoms with Gasteiger partial charge in [-0.15, -0.1) is 0 Å². The van der Waals surface area contributed by atoms with E-state index in [-0.39, 0.29) is 12.6 Å². The molecule has 0 radical (unpaired) electrons. The molecule has 16 heavy (non-hydrogen) atoms. The number of carbonyl (C=O) groups is 1. The maximum atomic E-state index is 10.8. The zero-order valence-electron chi connectivity index (χ0n) is 10.1. The smallest absolute Gasteiger partial charge is 0.323 e. The second-order valence-electron chi connectivity index (χ2n) is 4.11. The maximum Gasteiger partial charge on any atom is 0.323 e. The van der Waals surface area contributed by atoms with Crippen LogP contribution in [-0.4, -0.2) is 23.7 Å². The molecule has 0 aromatic heterocycles. The third-order valence-electron chi connectivity index (χ3n) is 2.79. The molecule has 0 saturated heterocycles. The van der Waals surface area contributed by atoms with Crippen LogP contribution in [-0.2, 0) is 4.79 Å². The van der Waals surface area contributed by atoms with Crippen LogP contribution in [0.4, 0.5) is 5.69 Å². The van der Waals surface area contributed by atoms with Gasteiger partial charge in [0.25, 0.3) is 0 Å². The number of carboxylic acids is 1. The van der Waals surface area contributed by atoms with E-state index < -0.39 is 5.97 Å². The van der Waals surface area contributed by atoms with Crippen LogP contribution < -0.4 is 4.90 Å². The van der Waals surface area contributed by atoms with Gasteiger partial charge in [-0.3, -0.25) is 4.79 Å². The average molecular weight is 221 g/mol. The van der Waals surface area contributed by atoms with E-state index in [0.717, 1.165) is 12.1 Å². The lowest BCUT2D eigenvalue weighted by molar-refractivity contribution is -0.135. The molecule has 3 heteroatoms. The maximum absolute atomic E-state index is 10.8. The SMILES string of the molecule is CCC(C)N(CC(=O)O)c1ccc(C)cc1. The number of aryl methyl sites for hydroxylation is 1. The molecule has 1 aromatic rings. The summed E-state index contributed by atoms with van der Waals surface area (Å²) in [6.45, 7) is 6.18.